The standard InChI is InChI=1S/C14H16F2N4O4S/c1-9-10(14(21)22)4-3-5-11(9)25(23,24)19(2)7-13-17-8-18-20(13)6-12(15)16/h3-5,8,12H,6-7H2,1-2H3,(H,21,22). The fourth-order valence-corrected chi connectivity index (χ4v) is 3.64. The van der Waals surface area contributed by atoms with Crippen molar-refractivity contribution in [3.63, 3.8) is 0 Å². The van der Waals surface area contributed by atoms with Gasteiger partial charge in [-0.3, -0.25) is 0 Å². The van der Waals surface area contributed by atoms with E-state index in [9.17, 15) is 22.0 Å². The Morgan fingerprint density at radius 3 is 2.68 bits per heavy atom. The number of nitrogens with zero attached hydrogens (tertiary/aromatic N) is 4. The Kier molecular flexibility index (Phi) is 5.48. The van der Waals surface area contributed by atoms with Crippen LogP contribution in [0.5, 0.6) is 0 Å². The smallest absolute Gasteiger partial charge is 0.335 e. The van der Waals surface area contributed by atoms with Gasteiger partial charge in [0.2, 0.25) is 10.0 Å². The third-order valence-electron chi connectivity index (χ3n) is 3.57. The summed E-state index contributed by atoms with van der Waals surface area (Å²) in [5, 5.41) is 12.8. The number of hydrogen-bond donors (Lipinski definition) is 1. The first-order valence-corrected chi connectivity index (χ1v) is 8.52. The molecular weight excluding hydrogens is 358 g/mol. The fourth-order valence-electron chi connectivity index (χ4n) is 2.27. The second kappa shape index (κ2) is 7.23. The van der Waals surface area contributed by atoms with Gasteiger partial charge in [-0.15, -0.1) is 0 Å². The number of aromatic carboxylic acids is 1. The Balaban J connectivity index is 2.33. The summed E-state index contributed by atoms with van der Waals surface area (Å²) in [7, 11) is -2.79. The number of hydrogen-bond acceptors (Lipinski definition) is 5. The molecule has 0 saturated carbocycles. The summed E-state index contributed by atoms with van der Waals surface area (Å²) in [5.74, 6) is -1.19. The predicted octanol–water partition coefficient (Wildman–Crippen LogP) is 1.37. The molecule has 136 valence electrons. The molecule has 0 radical (unpaired) electrons. The van der Waals surface area contributed by atoms with E-state index in [0.717, 1.165) is 15.3 Å². The summed E-state index contributed by atoms with van der Waals surface area (Å²) >= 11 is 0. The van der Waals surface area contributed by atoms with E-state index >= 15 is 0 Å². The minimum Gasteiger partial charge on any atom is -0.478 e. The van der Waals surface area contributed by atoms with E-state index in [1.54, 1.807) is 0 Å². The molecular formula is C14H16F2N4O4S. The summed E-state index contributed by atoms with van der Waals surface area (Å²) in [4.78, 5) is 14.8. The van der Waals surface area contributed by atoms with Crippen LogP contribution in [0.3, 0.4) is 0 Å². The van der Waals surface area contributed by atoms with Gasteiger partial charge < -0.3 is 5.11 Å². The second-order valence-corrected chi connectivity index (χ2v) is 7.26. The SMILES string of the molecule is Cc1c(C(=O)O)cccc1S(=O)(=O)N(C)Cc1ncnn1CC(F)F. The van der Waals surface area contributed by atoms with Gasteiger partial charge >= 0.3 is 5.97 Å². The molecule has 8 nitrogen and oxygen atoms in total. The molecule has 1 N–H and O–H groups in total. The lowest BCUT2D eigenvalue weighted by molar-refractivity contribution is 0.0695. The van der Waals surface area contributed by atoms with Crippen LogP contribution < -0.4 is 0 Å². The Morgan fingerprint density at radius 1 is 1.40 bits per heavy atom. The van der Waals surface area contributed by atoms with Crippen LogP contribution in [0, 0.1) is 6.92 Å². The van der Waals surface area contributed by atoms with Crippen LogP contribution in [0.15, 0.2) is 29.4 Å². The Morgan fingerprint density at radius 2 is 2.08 bits per heavy atom. The van der Waals surface area contributed by atoms with Crippen LogP contribution in [-0.2, 0) is 23.1 Å². The van der Waals surface area contributed by atoms with Gasteiger partial charge in [-0.2, -0.15) is 9.40 Å². The van der Waals surface area contributed by atoms with E-state index in [2.05, 4.69) is 10.1 Å². The van der Waals surface area contributed by atoms with Crippen molar-refractivity contribution in [1.29, 1.82) is 0 Å². The van der Waals surface area contributed by atoms with E-state index in [4.69, 9.17) is 5.11 Å². The molecule has 0 fully saturated rings. The van der Waals surface area contributed by atoms with Gasteiger partial charge in [-0.25, -0.2) is 31.7 Å². The summed E-state index contributed by atoms with van der Waals surface area (Å²) in [6.45, 7) is 0.409. The van der Waals surface area contributed by atoms with Crippen LogP contribution in [0.1, 0.15) is 21.7 Å². The lowest BCUT2D eigenvalue weighted by Gasteiger charge is -2.19. The average Bonchev–Trinajstić information content (AvgIpc) is 2.93. The number of sulfonamides is 1. The monoisotopic (exact) mass is 374 g/mol. The number of aromatic nitrogens is 3. The molecule has 0 unspecified atom stereocenters. The van der Waals surface area contributed by atoms with Crippen LogP contribution in [-0.4, -0.2) is 52.0 Å². The molecule has 0 aliphatic carbocycles. The van der Waals surface area contributed by atoms with Gasteiger partial charge in [0.25, 0.3) is 6.43 Å². The number of carbonyl (C=O) groups is 1. The molecule has 2 rings (SSSR count). The molecule has 1 aromatic carbocycles. The van der Waals surface area contributed by atoms with E-state index in [1.165, 1.54) is 32.2 Å². The number of alkyl halides is 2. The zero-order chi connectivity index (χ0) is 18.8. The number of benzene rings is 1. The van der Waals surface area contributed by atoms with Gasteiger partial charge in [-0.1, -0.05) is 6.07 Å². The average molecular weight is 374 g/mol. The highest BCUT2D eigenvalue weighted by atomic mass is 32.2. The molecule has 1 heterocycles. The first-order valence-electron chi connectivity index (χ1n) is 7.08. The number of carboxylic acids is 1. The van der Waals surface area contributed by atoms with Crippen LogP contribution in [0.25, 0.3) is 0 Å². The van der Waals surface area contributed by atoms with Gasteiger partial charge in [0.1, 0.15) is 18.7 Å². The third kappa shape index (κ3) is 3.99. The molecule has 11 heteroatoms. The van der Waals surface area contributed by atoms with E-state index < -0.39 is 29.0 Å². The van der Waals surface area contributed by atoms with Crippen molar-refractivity contribution in [1.82, 2.24) is 19.1 Å². The van der Waals surface area contributed by atoms with Crippen molar-refractivity contribution in [2.24, 2.45) is 0 Å². The maximum absolute atomic E-state index is 12.7. The molecule has 0 saturated heterocycles. The Hall–Kier alpha value is -2.40. The number of carboxylic acid groups (broad SMARTS) is 1. The Labute approximate surface area is 142 Å². The third-order valence-corrected chi connectivity index (χ3v) is 5.52. The van der Waals surface area contributed by atoms with Crippen LogP contribution in [0.4, 0.5) is 8.78 Å². The highest BCUT2D eigenvalue weighted by molar-refractivity contribution is 7.89. The van der Waals surface area contributed by atoms with E-state index in [0.29, 0.717) is 0 Å². The quantitative estimate of drug-likeness (QED) is 0.785. The Bertz CT molecular complexity index is 883. The molecule has 0 atom stereocenters. The molecule has 2 aromatic rings. The summed E-state index contributed by atoms with van der Waals surface area (Å²) in [6, 6.07) is 3.92. The summed E-state index contributed by atoms with van der Waals surface area (Å²) < 4.78 is 52.3. The topological polar surface area (TPSA) is 105 Å². The summed E-state index contributed by atoms with van der Waals surface area (Å²) in [6.07, 6.45) is -1.59. The van der Waals surface area contributed by atoms with E-state index in [1.807, 2.05) is 0 Å². The van der Waals surface area contributed by atoms with Crippen molar-refractivity contribution < 1.29 is 27.1 Å². The van der Waals surface area contributed by atoms with Crippen molar-refractivity contribution >= 4 is 16.0 Å². The molecule has 0 amide bonds. The minimum atomic E-state index is -4.05. The molecule has 0 aliphatic heterocycles. The molecule has 25 heavy (non-hydrogen) atoms. The lowest BCUT2D eigenvalue weighted by Crippen LogP contribution is -2.29. The molecule has 0 bridgehead atoms. The fraction of sp³-hybridized carbons (Fsp3) is 0.357. The largest absolute Gasteiger partial charge is 0.478 e. The van der Waals surface area contributed by atoms with E-state index in [-0.39, 0.29) is 28.4 Å². The lowest BCUT2D eigenvalue weighted by atomic mass is 10.1. The molecule has 0 aliphatic rings. The highest BCUT2D eigenvalue weighted by Crippen LogP contribution is 2.23. The minimum absolute atomic E-state index is 0.0541. The van der Waals surface area contributed by atoms with Crippen LogP contribution >= 0.6 is 0 Å². The second-order valence-electron chi connectivity index (χ2n) is 5.24. The normalized spacial score (nSPS) is 12.1. The maximum atomic E-state index is 12.7. The van der Waals surface area contributed by atoms with Crippen molar-refractivity contribution in [2.45, 2.75) is 31.3 Å². The zero-order valence-corrected chi connectivity index (χ0v) is 14.2. The van der Waals surface area contributed by atoms with Gasteiger partial charge in [0.15, 0.2) is 0 Å². The first-order chi connectivity index (χ1) is 11.6. The summed E-state index contributed by atoms with van der Waals surface area (Å²) in [5.41, 5.74) is -0.0359. The van der Waals surface area contributed by atoms with Gasteiger partial charge in [0.05, 0.1) is 17.0 Å². The highest BCUT2D eigenvalue weighted by Gasteiger charge is 2.26. The van der Waals surface area contributed by atoms with Crippen molar-refractivity contribution in [3.05, 3.63) is 41.5 Å². The van der Waals surface area contributed by atoms with Crippen LogP contribution in [0.2, 0.25) is 0 Å². The van der Waals surface area contributed by atoms with Crippen molar-refractivity contribution in [2.75, 3.05) is 7.05 Å². The van der Waals surface area contributed by atoms with Gasteiger partial charge in [0, 0.05) is 7.05 Å². The molecule has 1 aromatic heterocycles. The maximum Gasteiger partial charge on any atom is 0.335 e. The zero-order valence-electron chi connectivity index (χ0n) is 13.4. The number of rotatable bonds is 7. The first kappa shape index (κ1) is 18.9. The van der Waals surface area contributed by atoms with Crippen molar-refractivity contribution in [3.8, 4) is 0 Å². The molecule has 0 spiro atoms. The number of halogens is 2. The predicted molar refractivity (Wildman–Crippen MR) is 82.8 cm³/mol. The van der Waals surface area contributed by atoms with Gasteiger partial charge in [-0.05, 0) is 24.6 Å².